The van der Waals surface area contributed by atoms with Gasteiger partial charge in [0.1, 0.15) is 6.04 Å². The van der Waals surface area contributed by atoms with E-state index >= 15 is 0 Å². The molecule has 5 nitrogen and oxygen atoms in total. The monoisotopic (exact) mass is 272 g/mol. The number of ether oxygens (including phenoxy) is 2. The third-order valence-electron chi connectivity index (χ3n) is 3.34. The number of hydrogen-bond donors (Lipinski definition) is 1. The molecule has 0 aromatic carbocycles. The molecule has 0 saturated carbocycles. The fraction of sp³-hybridized carbons (Fsp3) is 0.929. The minimum Gasteiger partial charge on any atom is -0.465 e. The molecule has 2 unspecified atom stereocenters. The van der Waals surface area contributed by atoms with E-state index in [-0.39, 0.29) is 18.1 Å². The first-order valence-corrected chi connectivity index (χ1v) is 7.32. The van der Waals surface area contributed by atoms with E-state index < -0.39 is 0 Å². The maximum absolute atomic E-state index is 12.0. The van der Waals surface area contributed by atoms with Crippen LogP contribution in [-0.4, -0.2) is 61.9 Å². The van der Waals surface area contributed by atoms with Gasteiger partial charge in [0.05, 0.1) is 19.8 Å². The summed E-state index contributed by atoms with van der Waals surface area (Å²) < 4.78 is 10.7. The molecule has 2 atom stereocenters. The van der Waals surface area contributed by atoms with Crippen LogP contribution in [0.3, 0.4) is 0 Å². The second-order valence-corrected chi connectivity index (χ2v) is 5.26. The van der Waals surface area contributed by atoms with Crippen LogP contribution in [0.4, 0.5) is 0 Å². The Morgan fingerprint density at radius 1 is 1.47 bits per heavy atom. The van der Waals surface area contributed by atoms with Gasteiger partial charge in [-0.1, -0.05) is 20.8 Å². The zero-order valence-corrected chi connectivity index (χ0v) is 12.6. The topological polar surface area (TPSA) is 50.8 Å². The molecule has 1 aliphatic rings. The Kier molecular flexibility index (Phi) is 7.34. The number of nitrogens with zero attached hydrogens (tertiary/aromatic N) is 1. The average Bonchev–Trinajstić information content (AvgIpc) is 2.38. The first-order chi connectivity index (χ1) is 9.08. The summed E-state index contributed by atoms with van der Waals surface area (Å²) >= 11 is 0. The van der Waals surface area contributed by atoms with Crippen molar-refractivity contribution in [2.24, 2.45) is 0 Å². The van der Waals surface area contributed by atoms with Crippen molar-refractivity contribution in [3.05, 3.63) is 0 Å². The van der Waals surface area contributed by atoms with Gasteiger partial charge in [-0.2, -0.15) is 0 Å². The van der Waals surface area contributed by atoms with Crippen LogP contribution in [-0.2, 0) is 14.3 Å². The van der Waals surface area contributed by atoms with Gasteiger partial charge in [0.15, 0.2) is 0 Å². The van der Waals surface area contributed by atoms with Crippen LogP contribution in [0, 0.1) is 0 Å². The highest BCUT2D eigenvalue weighted by Crippen LogP contribution is 2.11. The van der Waals surface area contributed by atoms with Crippen molar-refractivity contribution in [3.63, 3.8) is 0 Å². The highest BCUT2D eigenvalue weighted by Gasteiger charge is 2.28. The van der Waals surface area contributed by atoms with E-state index in [9.17, 15) is 4.79 Å². The van der Waals surface area contributed by atoms with Crippen molar-refractivity contribution in [2.45, 2.75) is 52.2 Å². The first-order valence-electron chi connectivity index (χ1n) is 7.32. The molecule has 1 saturated heterocycles. The Morgan fingerprint density at radius 2 is 2.21 bits per heavy atom. The van der Waals surface area contributed by atoms with Crippen molar-refractivity contribution in [1.29, 1.82) is 0 Å². The quantitative estimate of drug-likeness (QED) is 0.702. The fourth-order valence-corrected chi connectivity index (χ4v) is 2.38. The van der Waals surface area contributed by atoms with Gasteiger partial charge in [-0.3, -0.25) is 9.69 Å². The summed E-state index contributed by atoms with van der Waals surface area (Å²) in [4.78, 5) is 14.3. The zero-order chi connectivity index (χ0) is 14.3. The number of nitrogens with one attached hydrogen (secondary N) is 1. The molecule has 1 heterocycles. The number of esters is 1. The van der Waals surface area contributed by atoms with Gasteiger partial charge in [0.2, 0.25) is 0 Å². The maximum atomic E-state index is 12.0. The van der Waals surface area contributed by atoms with Crippen LogP contribution in [0.2, 0.25) is 0 Å². The van der Waals surface area contributed by atoms with Gasteiger partial charge in [0, 0.05) is 25.2 Å². The van der Waals surface area contributed by atoms with E-state index in [0.717, 1.165) is 26.2 Å². The van der Waals surface area contributed by atoms with Crippen LogP contribution in [0.25, 0.3) is 0 Å². The van der Waals surface area contributed by atoms with Crippen LogP contribution in [0.15, 0.2) is 0 Å². The molecule has 0 amide bonds. The lowest BCUT2D eigenvalue weighted by Gasteiger charge is -2.37. The summed E-state index contributed by atoms with van der Waals surface area (Å²) in [5.74, 6) is -0.155. The Hall–Kier alpha value is -0.650. The van der Waals surface area contributed by atoms with Crippen molar-refractivity contribution >= 4 is 5.97 Å². The molecule has 0 radical (unpaired) electrons. The minimum absolute atomic E-state index is 0.155. The van der Waals surface area contributed by atoms with Gasteiger partial charge < -0.3 is 14.8 Å². The molecule has 5 heteroatoms. The van der Waals surface area contributed by atoms with E-state index in [1.165, 1.54) is 0 Å². The molecule has 1 rings (SSSR count). The Morgan fingerprint density at radius 3 is 2.79 bits per heavy atom. The van der Waals surface area contributed by atoms with Crippen molar-refractivity contribution in [1.82, 2.24) is 10.2 Å². The van der Waals surface area contributed by atoms with Crippen molar-refractivity contribution < 1.29 is 14.3 Å². The van der Waals surface area contributed by atoms with E-state index in [0.29, 0.717) is 19.2 Å². The second kappa shape index (κ2) is 8.51. The summed E-state index contributed by atoms with van der Waals surface area (Å²) in [6, 6.07) is 0.405. The molecule has 1 N–H and O–H groups in total. The number of rotatable bonds is 7. The average molecular weight is 272 g/mol. The van der Waals surface area contributed by atoms with E-state index in [2.05, 4.69) is 17.1 Å². The summed E-state index contributed by atoms with van der Waals surface area (Å²) in [7, 11) is 0. The van der Waals surface area contributed by atoms with Crippen LogP contribution >= 0.6 is 0 Å². The van der Waals surface area contributed by atoms with Gasteiger partial charge in [0.25, 0.3) is 0 Å². The van der Waals surface area contributed by atoms with Crippen molar-refractivity contribution in [3.8, 4) is 0 Å². The summed E-state index contributed by atoms with van der Waals surface area (Å²) in [5, 5.41) is 3.30. The molecule has 0 bridgehead atoms. The predicted octanol–water partition coefficient (Wildman–Crippen LogP) is 1.03. The zero-order valence-electron chi connectivity index (χ0n) is 12.6. The lowest BCUT2D eigenvalue weighted by atomic mass is 10.1. The third-order valence-corrected chi connectivity index (χ3v) is 3.34. The van der Waals surface area contributed by atoms with Gasteiger partial charge in [-0.25, -0.2) is 0 Å². The fourth-order valence-electron chi connectivity index (χ4n) is 2.38. The van der Waals surface area contributed by atoms with Crippen LogP contribution in [0.1, 0.15) is 34.1 Å². The number of hydrogen-bond acceptors (Lipinski definition) is 5. The third kappa shape index (κ3) is 5.47. The minimum atomic E-state index is -0.257. The number of carbonyl (C=O) groups excluding carboxylic acids is 1. The summed E-state index contributed by atoms with van der Waals surface area (Å²) in [6.07, 6.45) is 1.04. The molecular weight excluding hydrogens is 244 g/mol. The molecule has 112 valence electrons. The Labute approximate surface area is 116 Å². The highest BCUT2D eigenvalue weighted by atomic mass is 16.5. The van der Waals surface area contributed by atoms with Gasteiger partial charge >= 0.3 is 5.97 Å². The Balaban J connectivity index is 2.61. The molecule has 0 aliphatic carbocycles. The highest BCUT2D eigenvalue weighted by molar-refractivity contribution is 5.76. The normalized spacial score (nSPS) is 22.5. The predicted molar refractivity (Wildman–Crippen MR) is 75.2 cm³/mol. The maximum Gasteiger partial charge on any atom is 0.324 e. The van der Waals surface area contributed by atoms with Crippen LogP contribution < -0.4 is 5.32 Å². The molecular formula is C14H28N2O3. The molecule has 1 aliphatic heterocycles. The molecule has 0 aromatic heterocycles. The van der Waals surface area contributed by atoms with Crippen molar-refractivity contribution in [2.75, 3.05) is 32.9 Å². The number of morpholine rings is 1. The SMILES string of the molecule is CCOC(=O)C(CN1CCOCC1CC)NC(C)C. The largest absolute Gasteiger partial charge is 0.465 e. The van der Waals surface area contributed by atoms with E-state index in [4.69, 9.17) is 9.47 Å². The Bertz CT molecular complexity index is 271. The van der Waals surface area contributed by atoms with Crippen LogP contribution in [0.5, 0.6) is 0 Å². The summed E-state index contributed by atoms with van der Waals surface area (Å²) in [5.41, 5.74) is 0. The lowest BCUT2D eigenvalue weighted by molar-refractivity contribution is -0.147. The van der Waals surface area contributed by atoms with Gasteiger partial charge in [-0.05, 0) is 13.3 Å². The molecule has 0 aromatic rings. The first kappa shape index (κ1) is 16.4. The van der Waals surface area contributed by atoms with E-state index in [1.807, 2.05) is 20.8 Å². The smallest absolute Gasteiger partial charge is 0.324 e. The summed E-state index contributed by atoms with van der Waals surface area (Å²) in [6.45, 7) is 11.6. The van der Waals surface area contributed by atoms with Gasteiger partial charge in [-0.15, -0.1) is 0 Å². The molecule has 1 fully saturated rings. The molecule has 19 heavy (non-hydrogen) atoms. The number of carbonyl (C=O) groups is 1. The van der Waals surface area contributed by atoms with E-state index in [1.54, 1.807) is 0 Å². The standard InChI is InChI=1S/C14H28N2O3/c1-5-12-10-18-8-7-16(12)9-13(15-11(3)4)14(17)19-6-2/h11-13,15H,5-10H2,1-4H3. The lowest BCUT2D eigenvalue weighted by Crippen LogP contribution is -2.54. The molecule has 0 spiro atoms. The second-order valence-electron chi connectivity index (χ2n) is 5.26.